The predicted octanol–water partition coefficient (Wildman–Crippen LogP) is 5.01. The molecule has 0 aliphatic carbocycles. The van der Waals surface area contributed by atoms with E-state index in [0.29, 0.717) is 29.3 Å². The molecule has 1 aliphatic rings. The van der Waals surface area contributed by atoms with Crippen molar-refractivity contribution in [2.75, 3.05) is 26.2 Å². The Morgan fingerprint density at radius 3 is 2.47 bits per heavy atom. The lowest BCUT2D eigenvalue weighted by molar-refractivity contribution is -0.129. The molecule has 1 N–H and O–H groups in total. The highest BCUT2D eigenvalue weighted by Gasteiger charge is 2.44. The van der Waals surface area contributed by atoms with Crippen LogP contribution in [0.25, 0.3) is 11.0 Å². The summed E-state index contributed by atoms with van der Waals surface area (Å²) in [5.74, 6) is -1.51. The molecular weight excluding hydrogens is 428 g/mol. The Bertz CT molecular complexity index is 1150. The molecule has 0 bridgehead atoms. The number of aliphatic hydroxyl groups excluding tert-OH is 1. The number of ketones is 1. The van der Waals surface area contributed by atoms with E-state index in [2.05, 4.69) is 18.7 Å². The van der Waals surface area contributed by atoms with E-state index in [0.717, 1.165) is 18.5 Å². The molecule has 2 heterocycles. The fourth-order valence-electron chi connectivity index (χ4n) is 4.12. The van der Waals surface area contributed by atoms with Gasteiger partial charge >= 0.3 is 0 Å². The maximum absolute atomic E-state index is 13.5. The summed E-state index contributed by atoms with van der Waals surface area (Å²) in [6.07, 6.45) is 0. The van der Waals surface area contributed by atoms with Gasteiger partial charge in [-0.1, -0.05) is 55.8 Å². The highest BCUT2D eigenvalue weighted by Crippen LogP contribution is 2.39. The monoisotopic (exact) mass is 452 g/mol. The molecule has 1 aromatic heterocycles. The van der Waals surface area contributed by atoms with Gasteiger partial charge in [0, 0.05) is 23.5 Å². The van der Waals surface area contributed by atoms with Crippen molar-refractivity contribution in [3.8, 4) is 0 Å². The van der Waals surface area contributed by atoms with Gasteiger partial charge in [0.2, 0.25) is 5.78 Å². The van der Waals surface area contributed by atoms with Crippen LogP contribution in [-0.2, 0) is 4.79 Å². The van der Waals surface area contributed by atoms with Gasteiger partial charge in [-0.15, -0.1) is 0 Å². The maximum Gasteiger partial charge on any atom is 0.290 e. The zero-order chi connectivity index (χ0) is 22.8. The van der Waals surface area contributed by atoms with Gasteiger partial charge in [0.05, 0.1) is 11.6 Å². The lowest BCUT2D eigenvalue weighted by Crippen LogP contribution is -2.38. The van der Waals surface area contributed by atoms with Crippen molar-refractivity contribution in [3.05, 3.63) is 82.3 Å². The molecule has 2 aromatic carbocycles. The number of para-hydroxylation sites is 1. The number of furan rings is 1. The summed E-state index contributed by atoms with van der Waals surface area (Å²) >= 11 is 6.06. The second-order valence-electron chi connectivity index (χ2n) is 7.72. The number of fused-ring (bicyclic) bond motifs is 1. The summed E-state index contributed by atoms with van der Waals surface area (Å²) < 4.78 is 5.74. The Labute approximate surface area is 191 Å². The van der Waals surface area contributed by atoms with Crippen LogP contribution >= 0.6 is 11.6 Å². The molecule has 4 rings (SSSR count). The van der Waals surface area contributed by atoms with Gasteiger partial charge in [0.1, 0.15) is 5.58 Å². The second-order valence-corrected chi connectivity index (χ2v) is 8.16. The lowest BCUT2D eigenvalue weighted by Gasteiger charge is -2.29. The van der Waals surface area contributed by atoms with Gasteiger partial charge in [-0.2, -0.15) is 0 Å². The number of aliphatic hydroxyl groups is 1. The van der Waals surface area contributed by atoms with Crippen LogP contribution in [0.2, 0.25) is 5.02 Å². The predicted molar refractivity (Wildman–Crippen MR) is 124 cm³/mol. The van der Waals surface area contributed by atoms with Crippen LogP contribution in [0.15, 0.2) is 70.3 Å². The van der Waals surface area contributed by atoms with Crippen LogP contribution in [0.5, 0.6) is 0 Å². The first-order chi connectivity index (χ1) is 15.4. The number of carbonyl (C=O) groups excluding carboxylic acids is 2. The molecule has 0 fully saturated rings. The van der Waals surface area contributed by atoms with Gasteiger partial charge in [0.25, 0.3) is 5.91 Å². The number of amides is 1. The molecule has 3 aromatic rings. The first-order valence-corrected chi connectivity index (χ1v) is 11.1. The number of nitrogens with zero attached hydrogens (tertiary/aromatic N) is 2. The van der Waals surface area contributed by atoms with E-state index >= 15 is 0 Å². The number of carbonyl (C=O) groups is 2. The number of Topliss-reactive ketones (excluding diaryl/α,β-unsaturated/α-hetero) is 1. The first kappa shape index (κ1) is 22.1. The van der Waals surface area contributed by atoms with Gasteiger partial charge in [-0.3, -0.25) is 9.59 Å². The summed E-state index contributed by atoms with van der Waals surface area (Å²) in [7, 11) is 0. The average molecular weight is 453 g/mol. The van der Waals surface area contributed by atoms with Crippen LogP contribution in [0.3, 0.4) is 0 Å². The van der Waals surface area contributed by atoms with E-state index < -0.39 is 23.5 Å². The summed E-state index contributed by atoms with van der Waals surface area (Å²) in [6, 6.07) is 15.2. The molecule has 166 valence electrons. The summed E-state index contributed by atoms with van der Waals surface area (Å²) in [4.78, 5) is 30.3. The summed E-state index contributed by atoms with van der Waals surface area (Å²) in [5.41, 5.74) is 1.29. The Kier molecular flexibility index (Phi) is 6.35. The Morgan fingerprint density at radius 2 is 1.81 bits per heavy atom. The van der Waals surface area contributed by atoms with E-state index in [1.165, 1.54) is 0 Å². The molecule has 0 unspecified atom stereocenters. The largest absolute Gasteiger partial charge is 0.503 e. The van der Waals surface area contributed by atoms with E-state index in [1.54, 1.807) is 41.3 Å². The molecule has 1 atom stereocenters. The molecule has 0 saturated heterocycles. The van der Waals surface area contributed by atoms with E-state index in [9.17, 15) is 14.7 Å². The Morgan fingerprint density at radius 1 is 1.12 bits per heavy atom. The van der Waals surface area contributed by atoms with Gasteiger partial charge in [0.15, 0.2) is 11.5 Å². The second kappa shape index (κ2) is 9.18. The van der Waals surface area contributed by atoms with Crippen LogP contribution < -0.4 is 0 Å². The third-order valence-corrected chi connectivity index (χ3v) is 6.19. The number of hydrogen-bond donors (Lipinski definition) is 1. The minimum absolute atomic E-state index is 0.0240. The number of benzene rings is 2. The normalized spacial score (nSPS) is 16.6. The lowest BCUT2D eigenvalue weighted by atomic mass is 9.95. The fourth-order valence-corrected chi connectivity index (χ4v) is 4.25. The molecule has 1 amide bonds. The van der Waals surface area contributed by atoms with Crippen molar-refractivity contribution in [1.82, 2.24) is 9.80 Å². The highest BCUT2D eigenvalue weighted by molar-refractivity contribution is 6.30. The topological polar surface area (TPSA) is 74.0 Å². The standard InChI is InChI=1S/C25H25ClN2O4/c1-3-27(4-2)13-14-28-22(16-9-11-18(26)12-10-16)21(24(30)25(28)31)23(29)20-15-17-7-5-6-8-19(17)32-20/h5-12,15,22,30H,3-4,13-14H2,1-2H3/t22-/m1/s1. The molecule has 0 saturated carbocycles. The maximum atomic E-state index is 13.5. The quantitative estimate of drug-likeness (QED) is 0.486. The minimum Gasteiger partial charge on any atom is -0.503 e. The molecule has 0 radical (unpaired) electrons. The molecule has 1 aliphatic heterocycles. The van der Waals surface area contributed by atoms with Crippen LogP contribution in [0, 0.1) is 0 Å². The smallest absolute Gasteiger partial charge is 0.290 e. The van der Waals surface area contributed by atoms with E-state index in [4.69, 9.17) is 16.0 Å². The average Bonchev–Trinajstić information content (AvgIpc) is 3.34. The van der Waals surface area contributed by atoms with Crippen LogP contribution in [0.1, 0.15) is 36.0 Å². The van der Waals surface area contributed by atoms with Crippen molar-refractivity contribution in [1.29, 1.82) is 0 Å². The number of halogens is 1. The molecule has 6 nitrogen and oxygen atoms in total. The van der Waals surface area contributed by atoms with Crippen molar-refractivity contribution in [2.45, 2.75) is 19.9 Å². The van der Waals surface area contributed by atoms with Crippen molar-refractivity contribution in [2.24, 2.45) is 0 Å². The fraction of sp³-hybridized carbons (Fsp3) is 0.280. The van der Waals surface area contributed by atoms with Crippen molar-refractivity contribution < 1.29 is 19.1 Å². The van der Waals surface area contributed by atoms with Crippen LogP contribution in [-0.4, -0.2) is 52.8 Å². The van der Waals surface area contributed by atoms with Crippen molar-refractivity contribution >= 4 is 34.3 Å². The SMILES string of the molecule is CCN(CC)CCN1C(=O)C(O)=C(C(=O)c2cc3ccccc3o2)[C@H]1c1ccc(Cl)cc1. The van der Waals surface area contributed by atoms with Gasteiger partial charge in [-0.05, 0) is 42.9 Å². The van der Waals surface area contributed by atoms with Crippen molar-refractivity contribution in [3.63, 3.8) is 0 Å². The first-order valence-electron chi connectivity index (χ1n) is 10.7. The third-order valence-electron chi connectivity index (χ3n) is 5.93. The number of rotatable bonds is 8. The minimum atomic E-state index is -0.726. The summed E-state index contributed by atoms with van der Waals surface area (Å²) in [6.45, 7) is 6.79. The molecule has 32 heavy (non-hydrogen) atoms. The van der Waals surface area contributed by atoms with Crippen LogP contribution in [0.4, 0.5) is 0 Å². The van der Waals surface area contributed by atoms with Gasteiger partial charge < -0.3 is 19.3 Å². The number of hydrogen-bond acceptors (Lipinski definition) is 5. The molecule has 7 heteroatoms. The number of likely N-dealkylation sites (N-methyl/N-ethyl adjacent to an activating group) is 1. The molecule has 0 spiro atoms. The van der Waals surface area contributed by atoms with Gasteiger partial charge in [-0.25, -0.2) is 0 Å². The Balaban J connectivity index is 1.74. The van der Waals surface area contributed by atoms with E-state index in [1.807, 2.05) is 18.2 Å². The zero-order valence-electron chi connectivity index (χ0n) is 18.0. The Hall–Kier alpha value is -3.09. The molecular formula is C25H25ClN2O4. The zero-order valence-corrected chi connectivity index (χ0v) is 18.8. The van der Waals surface area contributed by atoms with E-state index in [-0.39, 0.29) is 11.3 Å². The summed E-state index contributed by atoms with van der Waals surface area (Å²) in [5, 5.41) is 12.1. The third kappa shape index (κ3) is 4.04. The highest BCUT2D eigenvalue weighted by atomic mass is 35.5.